The average Bonchev–Trinajstić information content (AvgIpc) is 3.13. The maximum absolute atomic E-state index is 13.0. The van der Waals surface area contributed by atoms with Gasteiger partial charge in [-0.05, 0) is 60.5 Å². The summed E-state index contributed by atoms with van der Waals surface area (Å²) in [5.41, 5.74) is 3.04. The number of anilines is 2. The summed E-state index contributed by atoms with van der Waals surface area (Å²) in [4.78, 5) is 23.6. The normalized spacial score (nSPS) is 18.6. The van der Waals surface area contributed by atoms with Crippen LogP contribution in [-0.4, -0.2) is 44.1 Å². The molecule has 3 heterocycles. The van der Waals surface area contributed by atoms with Crippen molar-refractivity contribution in [3.63, 3.8) is 0 Å². The van der Waals surface area contributed by atoms with Crippen LogP contribution in [0.5, 0.6) is 0 Å². The van der Waals surface area contributed by atoms with Crippen LogP contribution in [0, 0.1) is 5.92 Å². The first kappa shape index (κ1) is 17.6. The van der Waals surface area contributed by atoms with Gasteiger partial charge in [0.25, 0.3) is 5.91 Å². The van der Waals surface area contributed by atoms with Crippen molar-refractivity contribution in [2.45, 2.75) is 25.8 Å². The molecule has 1 aliphatic carbocycles. The summed E-state index contributed by atoms with van der Waals surface area (Å²) < 4.78 is 0. The fourth-order valence-electron chi connectivity index (χ4n) is 4.01. The van der Waals surface area contributed by atoms with Gasteiger partial charge in [0.2, 0.25) is 0 Å². The highest BCUT2D eigenvalue weighted by molar-refractivity contribution is 6.06. The highest BCUT2D eigenvalue weighted by Crippen LogP contribution is 2.32. The SMILES string of the molecule is CC1CC(N(C)C(=O)c2nccc3cc(Nc4n[nH]c5cccnc45)ccc23)C1. The second kappa shape index (κ2) is 6.84. The van der Waals surface area contributed by atoms with E-state index in [2.05, 4.69) is 32.4 Å². The number of H-pyrrole nitrogens is 1. The summed E-state index contributed by atoms with van der Waals surface area (Å²) in [6, 6.07) is 11.9. The molecule has 0 bridgehead atoms. The van der Waals surface area contributed by atoms with Gasteiger partial charge in [0, 0.05) is 36.6 Å². The number of nitrogens with one attached hydrogen (secondary N) is 2. The number of carbonyl (C=O) groups is 1. The minimum atomic E-state index is -0.0179. The van der Waals surface area contributed by atoms with E-state index in [1.165, 1.54) is 0 Å². The molecular weight excluding hydrogens is 364 g/mol. The van der Waals surface area contributed by atoms with Crippen molar-refractivity contribution in [2.24, 2.45) is 5.92 Å². The number of aromatic amines is 1. The topological polar surface area (TPSA) is 86.8 Å². The van der Waals surface area contributed by atoms with E-state index < -0.39 is 0 Å². The molecule has 7 heteroatoms. The zero-order valence-corrected chi connectivity index (χ0v) is 16.4. The lowest BCUT2D eigenvalue weighted by molar-refractivity contribution is 0.0567. The number of hydrogen-bond donors (Lipinski definition) is 2. The van der Waals surface area contributed by atoms with Gasteiger partial charge < -0.3 is 10.2 Å². The molecule has 1 saturated carbocycles. The number of hydrogen-bond acceptors (Lipinski definition) is 5. The van der Waals surface area contributed by atoms with Gasteiger partial charge in [-0.2, -0.15) is 5.10 Å². The third kappa shape index (κ3) is 3.08. The monoisotopic (exact) mass is 386 g/mol. The zero-order chi connectivity index (χ0) is 20.0. The number of amides is 1. The Morgan fingerprint density at radius 3 is 2.86 bits per heavy atom. The molecule has 7 nitrogen and oxygen atoms in total. The highest BCUT2D eigenvalue weighted by atomic mass is 16.2. The molecule has 0 spiro atoms. The summed E-state index contributed by atoms with van der Waals surface area (Å²) in [7, 11) is 1.88. The molecule has 0 unspecified atom stereocenters. The van der Waals surface area contributed by atoms with Crippen molar-refractivity contribution in [3.8, 4) is 0 Å². The van der Waals surface area contributed by atoms with Gasteiger partial charge in [-0.15, -0.1) is 0 Å². The largest absolute Gasteiger partial charge is 0.337 e. The Balaban J connectivity index is 1.45. The first-order valence-electron chi connectivity index (χ1n) is 9.82. The fourth-order valence-corrected chi connectivity index (χ4v) is 4.01. The molecule has 29 heavy (non-hydrogen) atoms. The fraction of sp³-hybridized carbons (Fsp3) is 0.273. The van der Waals surface area contributed by atoms with Gasteiger partial charge >= 0.3 is 0 Å². The maximum atomic E-state index is 13.0. The lowest BCUT2D eigenvalue weighted by atomic mass is 9.81. The quantitative estimate of drug-likeness (QED) is 0.551. The van der Waals surface area contributed by atoms with Crippen LogP contribution in [0.15, 0.2) is 48.8 Å². The van der Waals surface area contributed by atoms with Crippen LogP contribution in [0.1, 0.15) is 30.3 Å². The van der Waals surface area contributed by atoms with E-state index in [-0.39, 0.29) is 5.91 Å². The van der Waals surface area contributed by atoms with Gasteiger partial charge in [0.1, 0.15) is 11.2 Å². The Morgan fingerprint density at radius 1 is 1.17 bits per heavy atom. The molecule has 2 N–H and O–H groups in total. The van der Waals surface area contributed by atoms with Gasteiger partial charge in [-0.25, -0.2) is 0 Å². The molecule has 0 radical (unpaired) electrons. The summed E-state index contributed by atoms with van der Waals surface area (Å²) in [5.74, 6) is 1.34. The maximum Gasteiger partial charge on any atom is 0.273 e. The minimum Gasteiger partial charge on any atom is -0.337 e. The summed E-state index contributed by atoms with van der Waals surface area (Å²) in [6.07, 6.45) is 5.56. The van der Waals surface area contributed by atoms with Crippen LogP contribution in [-0.2, 0) is 0 Å². The predicted octanol–water partition coefficient (Wildman–Crippen LogP) is 4.12. The molecule has 1 fully saturated rings. The Morgan fingerprint density at radius 2 is 2.03 bits per heavy atom. The number of carbonyl (C=O) groups excluding carboxylic acids is 1. The van der Waals surface area contributed by atoms with E-state index in [0.717, 1.165) is 40.3 Å². The molecule has 1 amide bonds. The van der Waals surface area contributed by atoms with E-state index >= 15 is 0 Å². The van der Waals surface area contributed by atoms with Crippen molar-refractivity contribution < 1.29 is 4.79 Å². The lowest BCUT2D eigenvalue weighted by Gasteiger charge is -2.39. The Labute approximate surface area is 168 Å². The van der Waals surface area contributed by atoms with Crippen LogP contribution in [0.3, 0.4) is 0 Å². The number of pyridine rings is 2. The van der Waals surface area contributed by atoms with Crippen molar-refractivity contribution >= 4 is 39.2 Å². The van der Waals surface area contributed by atoms with Crippen molar-refractivity contribution in [1.82, 2.24) is 25.1 Å². The lowest BCUT2D eigenvalue weighted by Crippen LogP contribution is -2.45. The molecule has 4 aromatic rings. The number of rotatable bonds is 4. The molecular formula is C22H22N6O. The standard InChI is InChI=1S/C22H22N6O/c1-13-10-16(11-13)28(2)22(29)19-17-6-5-15(12-14(17)7-9-24-19)25-21-20-18(26-27-21)4-3-8-23-20/h3-9,12-13,16H,10-11H2,1-2H3,(H2,25,26,27). The van der Waals surface area contributed by atoms with Crippen LogP contribution < -0.4 is 5.32 Å². The Kier molecular flexibility index (Phi) is 4.16. The number of benzene rings is 1. The molecule has 1 aromatic carbocycles. The average molecular weight is 386 g/mol. The third-order valence-corrected chi connectivity index (χ3v) is 5.77. The van der Waals surface area contributed by atoms with Crippen molar-refractivity contribution in [2.75, 3.05) is 12.4 Å². The minimum absolute atomic E-state index is 0.0179. The molecule has 146 valence electrons. The third-order valence-electron chi connectivity index (χ3n) is 5.77. The molecule has 0 atom stereocenters. The smallest absolute Gasteiger partial charge is 0.273 e. The van der Waals surface area contributed by atoms with Crippen LogP contribution in [0.25, 0.3) is 21.8 Å². The van der Waals surface area contributed by atoms with Gasteiger partial charge in [0.05, 0.1) is 5.52 Å². The zero-order valence-electron chi connectivity index (χ0n) is 16.4. The number of fused-ring (bicyclic) bond motifs is 2. The van der Waals surface area contributed by atoms with Gasteiger partial charge in [0.15, 0.2) is 5.82 Å². The Bertz CT molecular complexity index is 1210. The molecule has 0 saturated heterocycles. The second-order valence-electron chi connectivity index (χ2n) is 7.84. The molecule has 1 aliphatic rings. The number of aromatic nitrogens is 4. The van der Waals surface area contributed by atoms with Crippen LogP contribution >= 0.6 is 0 Å². The summed E-state index contributed by atoms with van der Waals surface area (Å²) in [5, 5.41) is 12.4. The van der Waals surface area contributed by atoms with E-state index in [1.807, 2.05) is 48.3 Å². The molecule has 3 aromatic heterocycles. The van der Waals surface area contributed by atoms with Crippen LogP contribution in [0.4, 0.5) is 11.5 Å². The van der Waals surface area contributed by atoms with E-state index in [1.54, 1.807) is 12.4 Å². The predicted molar refractivity (Wildman–Crippen MR) is 113 cm³/mol. The van der Waals surface area contributed by atoms with Crippen molar-refractivity contribution in [3.05, 3.63) is 54.5 Å². The van der Waals surface area contributed by atoms with Gasteiger partial charge in [-0.3, -0.25) is 19.9 Å². The molecule has 5 rings (SSSR count). The first-order chi connectivity index (χ1) is 14.1. The second-order valence-corrected chi connectivity index (χ2v) is 7.84. The number of nitrogens with zero attached hydrogens (tertiary/aromatic N) is 4. The van der Waals surface area contributed by atoms with E-state index in [4.69, 9.17) is 0 Å². The van der Waals surface area contributed by atoms with E-state index in [9.17, 15) is 4.79 Å². The summed E-state index contributed by atoms with van der Waals surface area (Å²) in [6.45, 7) is 2.22. The first-order valence-corrected chi connectivity index (χ1v) is 9.82. The van der Waals surface area contributed by atoms with Crippen LogP contribution in [0.2, 0.25) is 0 Å². The highest BCUT2D eigenvalue weighted by Gasteiger charge is 2.32. The van der Waals surface area contributed by atoms with E-state index in [0.29, 0.717) is 23.5 Å². The van der Waals surface area contributed by atoms with Gasteiger partial charge in [-0.1, -0.05) is 6.92 Å². The molecule has 0 aliphatic heterocycles. The van der Waals surface area contributed by atoms with Crippen molar-refractivity contribution in [1.29, 1.82) is 0 Å². The Hall–Kier alpha value is -3.48. The summed E-state index contributed by atoms with van der Waals surface area (Å²) >= 11 is 0.